The quantitative estimate of drug-likeness (QED) is 0.580. The van der Waals surface area contributed by atoms with Crippen LogP contribution in [0.3, 0.4) is 0 Å². The number of rotatable bonds is 8. The largest absolute Gasteiger partial charge is 0.383 e. The van der Waals surface area contributed by atoms with Crippen molar-refractivity contribution in [2.75, 3.05) is 18.4 Å². The first-order valence-corrected chi connectivity index (χ1v) is 9.73. The zero-order valence-corrected chi connectivity index (χ0v) is 16.8. The molecule has 1 amide bonds. The maximum atomic E-state index is 12.8. The first-order valence-electron chi connectivity index (χ1n) is 9.73. The Morgan fingerprint density at radius 1 is 1.03 bits per heavy atom. The van der Waals surface area contributed by atoms with Gasteiger partial charge in [0.05, 0.1) is 0 Å². The number of nitrogens with one attached hydrogen (secondary N) is 2. The van der Waals surface area contributed by atoms with Gasteiger partial charge in [0.1, 0.15) is 5.56 Å². The second-order valence-corrected chi connectivity index (χ2v) is 6.98. The molecule has 3 aromatic rings. The standard InChI is InChI=1S/C23H26N4O2/c1-17-9-14-27(15-10-19-6-4-3-5-7-19)23(29)21(17)22(28)26-13-12-25-20-8-11-24-16-18(20)2/h3-9,11,14,16H,10,12-13,15H2,1-2H3,(H,24,25)(H,26,28). The van der Waals surface area contributed by atoms with Crippen LogP contribution in [0.15, 0.2) is 65.8 Å². The number of aryl methyl sites for hydroxylation is 4. The molecule has 0 spiro atoms. The molecule has 0 saturated heterocycles. The molecule has 2 heterocycles. The number of carbonyl (C=O) groups excluding carboxylic acids is 1. The lowest BCUT2D eigenvalue weighted by atomic mass is 10.1. The number of anilines is 1. The van der Waals surface area contributed by atoms with Gasteiger partial charge in [0.25, 0.3) is 11.5 Å². The van der Waals surface area contributed by atoms with Gasteiger partial charge in [-0.05, 0) is 49.1 Å². The number of carbonyl (C=O) groups is 1. The molecule has 0 bridgehead atoms. The fourth-order valence-electron chi connectivity index (χ4n) is 3.14. The van der Waals surface area contributed by atoms with Crippen LogP contribution in [-0.4, -0.2) is 28.5 Å². The molecule has 2 aromatic heterocycles. The monoisotopic (exact) mass is 390 g/mol. The van der Waals surface area contributed by atoms with Gasteiger partial charge in [-0.2, -0.15) is 0 Å². The highest BCUT2D eigenvalue weighted by Crippen LogP contribution is 2.10. The van der Waals surface area contributed by atoms with Crippen molar-refractivity contribution in [3.8, 4) is 0 Å². The number of pyridine rings is 2. The van der Waals surface area contributed by atoms with E-state index in [0.29, 0.717) is 25.2 Å². The first kappa shape index (κ1) is 20.3. The van der Waals surface area contributed by atoms with Gasteiger partial charge in [0.15, 0.2) is 0 Å². The molecule has 0 radical (unpaired) electrons. The van der Waals surface area contributed by atoms with Crippen molar-refractivity contribution < 1.29 is 4.79 Å². The predicted octanol–water partition coefficient (Wildman–Crippen LogP) is 2.94. The molecule has 1 aromatic carbocycles. The molecular formula is C23H26N4O2. The van der Waals surface area contributed by atoms with Crippen LogP contribution in [0.4, 0.5) is 5.69 Å². The van der Waals surface area contributed by atoms with Crippen molar-refractivity contribution in [1.82, 2.24) is 14.9 Å². The average Bonchev–Trinajstić information content (AvgIpc) is 2.72. The van der Waals surface area contributed by atoms with Gasteiger partial charge < -0.3 is 15.2 Å². The summed E-state index contributed by atoms with van der Waals surface area (Å²) in [7, 11) is 0. The summed E-state index contributed by atoms with van der Waals surface area (Å²) in [5.41, 5.74) is 3.81. The van der Waals surface area contributed by atoms with Gasteiger partial charge in [-0.1, -0.05) is 30.3 Å². The fraction of sp³-hybridized carbons (Fsp3) is 0.261. The fourth-order valence-corrected chi connectivity index (χ4v) is 3.14. The van der Waals surface area contributed by atoms with Crippen LogP contribution in [0.5, 0.6) is 0 Å². The van der Waals surface area contributed by atoms with Crippen molar-refractivity contribution in [1.29, 1.82) is 0 Å². The molecule has 0 saturated carbocycles. The highest BCUT2D eigenvalue weighted by Gasteiger charge is 2.15. The summed E-state index contributed by atoms with van der Waals surface area (Å²) >= 11 is 0. The molecule has 0 atom stereocenters. The molecule has 0 unspecified atom stereocenters. The second-order valence-electron chi connectivity index (χ2n) is 6.98. The number of hydrogen-bond acceptors (Lipinski definition) is 4. The Balaban J connectivity index is 1.60. The van der Waals surface area contributed by atoms with E-state index in [0.717, 1.165) is 23.2 Å². The highest BCUT2D eigenvalue weighted by atomic mass is 16.2. The lowest BCUT2D eigenvalue weighted by molar-refractivity contribution is 0.0952. The molecule has 0 aliphatic heterocycles. The third-order valence-electron chi connectivity index (χ3n) is 4.83. The van der Waals surface area contributed by atoms with Crippen LogP contribution < -0.4 is 16.2 Å². The zero-order chi connectivity index (χ0) is 20.6. The van der Waals surface area contributed by atoms with Crippen LogP contribution in [-0.2, 0) is 13.0 Å². The van der Waals surface area contributed by atoms with Crippen LogP contribution in [0, 0.1) is 13.8 Å². The Labute approximate surface area is 170 Å². The highest BCUT2D eigenvalue weighted by molar-refractivity contribution is 5.95. The number of hydrogen-bond donors (Lipinski definition) is 2. The van der Waals surface area contributed by atoms with E-state index in [1.165, 1.54) is 0 Å². The Morgan fingerprint density at radius 3 is 2.59 bits per heavy atom. The maximum absolute atomic E-state index is 12.8. The average molecular weight is 390 g/mol. The molecule has 150 valence electrons. The topological polar surface area (TPSA) is 76.0 Å². The molecule has 0 aliphatic rings. The summed E-state index contributed by atoms with van der Waals surface area (Å²) in [6.45, 7) is 5.27. The molecule has 0 fully saturated rings. The minimum atomic E-state index is -0.338. The Bertz CT molecular complexity index is 1030. The molecule has 6 nitrogen and oxygen atoms in total. The van der Waals surface area contributed by atoms with E-state index in [1.54, 1.807) is 30.1 Å². The number of nitrogens with zero attached hydrogens (tertiary/aromatic N) is 2. The Hall–Kier alpha value is -3.41. The van der Waals surface area contributed by atoms with E-state index in [-0.39, 0.29) is 17.0 Å². The van der Waals surface area contributed by atoms with Crippen molar-refractivity contribution in [2.24, 2.45) is 0 Å². The van der Waals surface area contributed by atoms with Crippen LogP contribution >= 0.6 is 0 Å². The third-order valence-corrected chi connectivity index (χ3v) is 4.83. The summed E-state index contributed by atoms with van der Waals surface area (Å²) < 4.78 is 1.60. The minimum absolute atomic E-state index is 0.209. The molecule has 0 aliphatic carbocycles. The third kappa shape index (κ3) is 5.31. The van der Waals surface area contributed by atoms with Gasteiger partial charge in [-0.15, -0.1) is 0 Å². The Morgan fingerprint density at radius 2 is 1.83 bits per heavy atom. The number of amides is 1. The maximum Gasteiger partial charge on any atom is 0.263 e. The molecule has 29 heavy (non-hydrogen) atoms. The molecule has 2 N–H and O–H groups in total. The van der Waals surface area contributed by atoms with Gasteiger partial charge in [0.2, 0.25) is 0 Å². The van der Waals surface area contributed by atoms with E-state index in [9.17, 15) is 9.59 Å². The second kappa shape index (κ2) is 9.68. The normalized spacial score (nSPS) is 10.6. The summed E-state index contributed by atoms with van der Waals surface area (Å²) in [4.78, 5) is 29.5. The van der Waals surface area contributed by atoms with Crippen LogP contribution in [0.25, 0.3) is 0 Å². The lowest BCUT2D eigenvalue weighted by Crippen LogP contribution is -2.36. The zero-order valence-electron chi connectivity index (χ0n) is 16.8. The van der Waals surface area contributed by atoms with E-state index >= 15 is 0 Å². The number of aromatic nitrogens is 2. The van der Waals surface area contributed by atoms with Crippen molar-refractivity contribution in [2.45, 2.75) is 26.8 Å². The van der Waals surface area contributed by atoms with Crippen LogP contribution in [0.1, 0.15) is 27.0 Å². The summed E-state index contributed by atoms with van der Waals surface area (Å²) in [5.74, 6) is -0.338. The van der Waals surface area contributed by atoms with Crippen molar-refractivity contribution in [3.63, 3.8) is 0 Å². The summed E-state index contributed by atoms with van der Waals surface area (Å²) in [6, 6.07) is 13.7. The van der Waals surface area contributed by atoms with Crippen molar-refractivity contribution in [3.05, 3.63) is 93.7 Å². The lowest BCUT2D eigenvalue weighted by Gasteiger charge is -2.12. The van der Waals surface area contributed by atoms with Gasteiger partial charge in [0, 0.05) is 43.9 Å². The first-order chi connectivity index (χ1) is 14.1. The molecular weight excluding hydrogens is 364 g/mol. The van der Waals surface area contributed by atoms with Gasteiger partial charge >= 0.3 is 0 Å². The van der Waals surface area contributed by atoms with E-state index < -0.39 is 0 Å². The van der Waals surface area contributed by atoms with E-state index in [4.69, 9.17) is 0 Å². The summed E-state index contributed by atoms with van der Waals surface area (Å²) in [5, 5.41) is 6.10. The van der Waals surface area contributed by atoms with E-state index in [2.05, 4.69) is 15.6 Å². The van der Waals surface area contributed by atoms with Gasteiger partial charge in [-0.25, -0.2) is 0 Å². The molecule has 3 rings (SSSR count). The SMILES string of the molecule is Cc1cnccc1NCCNC(=O)c1c(C)ccn(CCc2ccccc2)c1=O. The number of benzene rings is 1. The molecule has 6 heteroatoms. The van der Waals surface area contributed by atoms with Crippen molar-refractivity contribution >= 4 is 11.6 Å². The Kier molecular flexibility index (Phi) is 6.79. The van der Waals surface area contributed by atoms with Crippen LogP contribution in [0.2, 0.25) is 0 Å². The predicted molar refractivity (Wildman–Crippen MR) is 115 cm³/mol. The van der Waals surface area contributed by atoms with E-state index in [1.807, 2.05) is 49.4 Å². The minimum Gasteiger partial charge on any atom is -0.383 e. The van der Waals surface area contributed by atoms with Gasteiger partial charge in [-0.3, -0.25) is 14.6 Å². The smallest absolute Gasteiger partial charge is 0.263 e. The summed E-state index contributed by atoms with van der Waals surface area (Å²) in [6.07, 6.45) is 6.00.